The van der Waals surface area contributed by atoms with Gasteiger partial charge in [-0.3, -0.25) is 0 Å². The maximum Gasteiger partial charge on any atom is 0.336 e. The van der Waals surface area contributed by atoms with E-state index in [0.29, 0.717) is 18.8 Å². The Balaban J connectivity index is 1.94. The topological polar surface area (TPSA) is 55.8 Å². The molecule has 0 spiro atoms. The van der Waals surface area contributed by atoms with Gasteiger partial charge < -0.3 is 14.6 Å². The number of carbonyl (C=O) groups is 1. The Kier molecular flexibility index (Phi) is 6.16. The maximum absolute atomic E-state index is 11.4. The van der Waals surface area contributed by atoms with Crippen LogP contribution in [-0.4, -0.2) is 29.9 Å². The number of rotatable bonds is 7. The predicted octanol–water partition coefficient (Wildman–Crippen LogP) is 3.72. The molecule has 1 aromatic rings. The van der Waals surface area contributed by atoms with Gasteiger partial charge in [-0.15, -0.1) is 6.58 Å². The van der Waals surface area contributed by atoms with Gasteiger partial charge in [0.05, 0.1) is 31.0 Å². The first-order chi connectivity index (χ1) is 10.6. The third-order valence-electron chi connectivity index (χ3n) is 4.08. The Bertz CT molecular complexity index is 524. The van der Waals surface area contributed by atoms with E-state index in [1.54, 1.807) is 6.08 Å². The molecule has 0 saturated heterocycles. The monoisotopic (exact) mass is 304 g/mol. The molecular weight excluding hydrogens is 280 g/mol. The summed E-state index contributed by atoms with van der Waals surface area (Å²) in [6.45, 7) is 6.38. The SMILES string of the molecule is C=CCO[C@H]1CCC[C@@H](OCc2cccc(C)c2C(=O)O)C1. The summed E-state index contributed by atoms with van der Waals surface area (Å²) < 4.78 is 11.7. The molecule has 4 heteroatoms. The van der Waals surface area contributed by atoms with Crippen molar-refractivity contribution in [3.63, 3.8) is 0 Å². The zero-order valence-corrected chi connectivity index (χ0v) is 13.1. The lowest BCUT2D eigenvalue weighted by atomic mass is 9.94. The van der Waals surface area contributed by atoms with Crippen LogP contribution >= 0.6 is 0 Å². The summed E-state index contributed by atoms with van der Waals surface area (Å²) in [6, 6.07) is 5.51. The summed E-state index contributed by atoms with van der Waals surface area (Å²) in [7, 11) is 0. The van der Waals surface area contributed by atoms with E-state index in [2.05, 4.69) is 6.58 Å². The van der Waals surface area contributed by atoms with Crippen LogP contribution in [0.5, 0.6) is 0 Å². The van der Waals surface area contributed by atoms with E-state index in [9.17, 15) is 9.90 Å². The van der Waals surface area contributed by atoms with E-state index in [-0.39, 0.29) is 12.2 Å². The van der Waals surface area contributed by atoms with Gasteiger partial charge in [0.15, 0.2) is 0 Å². The molecule has 22 heavy (non-hydrogen) atoms. The number of aryl methyl sites for hydroxylation is 1. The molecule has 4 nitrogen and oxygen atoms in total. The highest BCUT2D eigenvalue weighted by atomic mass is 16.5. The lowest BCUT2D eigenvalue weighted by Crippen LogP contribution is -2.28. The second kappa shape index (κ2) is 8.11. The number of hydrogen-bond donors (Lipinski definition) is 1. The van der Waals surface area contributed by atoms with Gasteiger partial charge in [0.25, 0.3) is 0 Å². The molecule has 1 aliphatic rings. The van der Waals surface area contributed by atoms with Crippen LogP contribution in [0.25, 0.3) is 0 Å². The van der Waals surface area contributed by atoms with Crippen molar-refractivity contribution in [1.29, 1.82) is 0 Å². The lowest BCUT2D eigenvalue weighted by molar-refractivity contribution is -0.0441. The number of carboxylic acids is 1. The first-order valence-corrected chi connectivity index (χ1v) is 7.77. The number of aromatic carboxylic acids is 1. The molecule has 0 aliphatic heterocycles. The largest absolute Gasteiger partial charge is 0.478 e. The summed E-state index contributed by atoms with van der Waals surface area (Å²) >= 11 is 0. The summed E-state index contributed by atoms with van der Waals surface area (Å²) in [5, 5.41) is 9.34. The molecule has 1 aliphatic carbocycles. The minimum Gasteiger partial charge on any atom is -0.478 e. The van der Waals surface area contributed by atoms with Crippen molar-refractivity contribution in [2.24, 2.45) is 0 Å². The van der Waals surface area contributed by atoms with Gasteiger partial charge in [0, 0.05) is 0 Å². The highest BCUT2D eigenvalue weighted by Crippen LogP contribution is 2.25. The Morgan fingerprint density at radius 1 is 1.36 bits per heavy atom. The van der Waals surface area contributed by atoms with Gasteiger partial charge in [-0.25, -0.2) is 4.79 Å². The van der Waals surface area contributed by atoms with E-state index in [4.69, 9.17) is 9.47 Å². The fourth-order valence-electron chi connectivity index (χ4n) is 2.97. The summed E-state index contributed by atoms with van der Waals surface area (Å²) in [5.41, 5.74) is 1.86. The quantitative estimate of drug-likeness (QED) is 0.780. The van der Waals surface area contributed by atoms with E-state index < -0.39 is 5.97 Å². The van der Waals surface area contributed by atoms with E-state index in [0.717, 1.165) is 36.8 Å². The summed E-state index contributed by atoms with van der Waals surface area (Å²) in [4.78, 5) is 11.4. The molecule has 2 rings (SSSR count). The number of carboxylic acid groups (broad SMARTS) is 1. The maximum atomic E-state index is 11.4. The van der Waals surface area contributed by atoms with Crippen molar-refractivity contribution in [1.82, 2.24) is 0 Å². The standard InChI is InChI=1S/C18H24O4/c1-3-10-21-15-8-5-9-16(11-15)22-12-14-7-4-6-13(2)17(14)18(19)20/h3-4,6-7,15-16H,1,5,8-12H2,2H3,(H,19,20)/t15-,16+/m0/s1. The lowest BCUT2D eigenvalue weighted by Gasteiger charge is -2.29. The first-order valence-electron chi connectivity index (χ1n) is 7.77. The van der Waals surface area contributed by atoms with Crippen LogP contribution in [0.15, 0.2) is 30.9 Å². The molecule has 1 fully saturated rings. The Hall–Kier alpha value is -1.65. The predicted molar refractivity (Wildman–Crippen MR) is 85.1 cm³/mol. The Labute approximate surface area is 131 Å². The molecule has 1 aromatic carbocycles. The Morgan fingerprint density at radius 2 is 2.09 bits per heavy atom. The van der Waals surface area contributed by atoms with Crippen LogP contribution in [0.4, 0.5) is 0 Å². The molecular formula is C18H24O4. The minimum atomic E-state index is -0.896. The van der Waals surface area contributed by atoms with Crippen molar-refractivity contribution >= 4 is 5.97 Å². The number of hydrogen-bond acceptors (Lipinski definition) is 3. The number of benzene rings is 1. The van der Waals surface area contributed by atoms with E-state index >= 15 is 0 Å². The van der Waals surface area contributed by atoms with Crippen molar-refractivity contribution in [2.45, 2.75) is 51.4 Å². The van der Waals surface area contributed by atoms with Crippen LogP contribution in [0.2, 0.25) is 0 Å². The smallest absolute Gasteiger partial charge is 0.336 e. The fraction of sp³-hybridized carbons (Fsp3) is 0.500. The molecule has 120 valence electrons. The zero-order chi connectivity index (χ0) is 15.9. The van der Waals surface area contributed by atoms with Gasteiger partial charge in [0.1, 0.15) is 0 Å². The van der Waals surface area contributed by atoms with Gasteiger partial charge in [-0.1, -0.05) is 24.3 Å². The average molecular weight is 304 g/mol. The van der Waals surface area contributed by atoms with Crippen molar-refractivity contribution in [3.8, 4) is 0 Å². The molecule has 0 aromatic heterocycles. The molecule has 2 atom stereocenters. The van der Waals surface area contributed by atoms with Gasteiger partial charge in [0.2, 0.25) is 0 Å². The van der Waals surface area contributed by atoms with Crippen molar-refractivity contribution in [2.75, 3.05) is 6.61 Å². The molecule has 0 amide bonds. The number of ether oxygens (including phenoxy) is 2. The summed E-state index contributed by atoms with van der Waals surface area (Å²) in [6.07, 6.45) is 6.10. The normalized spacial score (nSPS) is 21.5. The Morgan fingerprint density at radius 3 is 2.77 bits per heavy atom. The van der Waals surface area contributed by atoms with Crippen LogP contribution in [0.3, 0.4) is 0 Å². The second-order valence-electron chi connectivity index (χ2n) is 5.76. The van der Waals surface area contributed by atoms with Crippen LogP contribution in [-0.2, 0) is 16.1 Å². The fourth-order valence-corrected chi connectivity index (χ4v) is 2.97. The van der Waals surface area contributed by atoms with Gasteiger partial charge in [-0.05, 0) is 43.7 Å². The highest BCUT2D eigenvalue weighted by Gasteiger charge is 2.23. The molecule has 0 radical (unpaired) electrons. The molecule has 0 bridgehead atoms. The summed E-state index contributed by atoms with van der Waals surface area (Å²) in [5.74, 6) is -0.896. The highest BCUT2D eigenvalue weighted by molar-refractivity contribution is 5.91. The minimum absolute atomic E-state index is 0.130. The van der Waals surface area contributed by atoms with E-state index in [1.807, 2.05) is 25.1 Å². The first kappa shape index (κ1) is 16.7. The third-order valence-corrected chi connectivity index (χ3v) is 4.08. The van der Waals surface area contributed by atoms with Crippen LogP contribution in [0, 0.1) is 6.92 Å². The molecule has 1 N–H and O–H groups in total. The zero-order valence-electron chi connectivity index (χ0n) is 13.1. The molecule has 1 saturated carbocycles. The molecule has 0 heterocycles. The average Bonchev–Trinajstić information content (AvgIpc) is 2.51. The van der Waals surface area contributed by atoms with Crippen molar-refractivity contribution in [3.05, 3.63) is 47.5 Å². The van der Waals surface area contributed by atoms with Crippen LogP contribution in [0.1, 0.15) is 47.2 Å². The van der Waals surface area contributed by atoms with E-state index in [1.165, 1.54) is 0 Å². The van der Waals surface area contributed by atoms with Crippen LogP contribution < -0.4 is 0 Å². The third kappa shape index (κ3) is 4.42. The van der Waals surface area contributed by atoms with Gasteiger partial charge in [-0.2, -0.15) is 0 Å². The second-order valence-corrected chi connectivity index (χ2v) is 5.76. The van der Waals surface area contributed by atoms with Gasteiger partial charge >= 0.3 is 5.97 Å². The molecule has 0 unspecified atom stereocenters. The van der Waals surface area contributed by atoms with Crippen molar-refractivity contribution < 1.29 is 19.4 Å².